The molecule has 6 aromatic rings. The van der Waals surface area contributed by atoms with Gasteiger partial charge in [0.05, 0.1) is 29.6 Å². The molecule has 4 aromatic carbocycles. The Morgan fingerprint density at radius 1 is 0.895 bits per heavy atom. The number of hydrogen-bond donors (Lipinski definition) is 0. The van der Waals surface area contributed by atoms with Gasteiger partial charge < -0.3 is 13.9 Å². The number of fused-ring (bicyclic) bond motifs is 2. The van der Waals surface area contributed by atoms with E-state index in [1.54, 1.807) is 31.5 Å². The monoisotopic (exact) mass is 501 g/mol. The average molecular weight is 502 g/mol. The lowest BCUT2D eigenvalue weighted by molar-refractivity contribution is 0.306. The number of para-hydroxylation sites is 1. The van der Waals surface area contributed by atoms with Crippen molar-refractivity contribution in [2.24, 2.45) is 5.10 Å². The third kappa shape index (κ3) is 4.53. The van der Waals surface area contributed by atoms with Gasteiger partial charge in [-0.15, -0.1) is 0 Å². The van der Waals surface area contributed by atoms with Gasteiger partial charge >= 0.3 is 0 Å². The Morgan fingerprint density at radius 3 is 2.58 bits per heavy atom. The minimum absolute atomic E-state index is 0.291. The molecule has 0 atom stereocenters. The summed E-state index contributed by atoms with van der Waals surface area (Å²) in [6.45, 7) is 0.454. The number of benzene rings is 4. The van der Waals surface area contributed by atoms with E-state index in [1.165, 1.54) is 4.68 Å². The van der Waals surface area contributed by atoms with Crippen LogP contribution in [0.3, 0.4) is 0 Å². The van der Waals surface area contributed by atoms with E-state index in [9.17, 15) is 4.79 Å². The number of furan rings is 1. The van der Waals surface area contributed by atoms with Crippen LogP contribution in [0.5, 0.6) is 11.5 Å². The Bertz CT molecular complexity index is 1840. The lowest BCUT2D eigenvalue weighted by atomic mass is 10.2. The first-order valence-electron chi connectivity index (χ1n) is 12.1. The number of rotatable bonds is 7. The summed E-state index contributed by atoms with van der Waals surface area (Å²) in [6.07, 6.45) is 1.61. The quantitative estimate of drug-likeness (QED) is 0.241. The second-order valence-corrected chi connectivity index (χ2v) is 8.64. The summed E-state index contributed by atoms with van der Waals surface area (Å²) in [7, 11) is 1.60. The molecule has 0 saturated heterocycles. The molecule has 0 aliphatic heterocycles. The first-order chi connectivity index (χ1) is 18.7. The van der Waals surface area contributed by atoms with Crippen LogP contribution in [0, 0.1) is 0 Å². The maximum atomic E-state index is 13.5. The molecule has 186 valence electrons. The van der Waals surface area contributed by atoms with Crippen molar-refractivity contribution in [3.63, 3.8) is 0 Å². The van der Waals surface area contributed by atoms with Crippen LogP contribution >= 0.6 is 0 Å². The minimum Gasteiger partial charge on any atom is -0.496 e. The van der Waals surface area contributed by atoms with Gasteiger partial charge in [-0.1, -0.05) is 60.7 Å². The van der Waals surface area contributed by atoms with E-state index in [4.69, 9.17) is 18.9 Å². The fourth-order valence-corrected chi connectivity index (χ4v) is 4.26. The Labute approximate surface area is 218 Å². The molecule has 38 heavy (non-hydrogen) atoms. The second-order valence-electron chi connectivity index (χ2n) is 8.64. The normalized spacial score (nSPS) is 11.4. The van der Waals surface area contributed by atoms with Crippen molar-refractivity contribution in [2.45, 2.75) is 6.61 Å². The fourth-order valence-electron chi connectivity index (χ4n) is 4.26. The third-order valence-corrected chi connectivity index (χ3v) is 6.14. The lowest BCUT2D eigenvalue weighted by Crippen LogP contribution is -2.20. The number of ether oxygens (including phenoxy) is 2. The average Bonchev–Trinajstić information content (AvgIpc) is 3.41. The molecular formula is C31H23N3O4. The molecule has 0 fully saturated rings. The molecule has 0 saturated carbocycles. The predicted molar refractivity (Wildman–Crippen MR) is 148 cm³/mol. The number of hydrogen-bond acceptors (Lipinski definition) is 6. The van der Waals surface area contributed by atoms with Crippen molar-refractivity contribution in [3.8, 4) is 23.1 Å². The van der Waals surface area contributed by atoms with Gasteiger partial charge in [0.25, 0.3) is 5.56 Å². The van der Waals surface area contributed by atoms with Crippen LogP contribution in [-0.2, 0) is 6.61 Å². The van der Waals surface area contributed by atoms with E-state index in [-0.39, 0.29) is 5.56 Å². The fraction of sp³-hybridized carbons (Fsp3) is 0.0645. The predicted octanol–water partition coefficient (Wildman–Crippen LogP) is 6.28. The molecule has 2 aromatic heterocycles. The largest absolute Gasteiger partial charge is 0.496 e. The summed E-state index contributed by atoms with van der Waals surface area (Å²) in [6, 6.07) is 32.0. The van der Waals surface area contributed by atoms with Gasteiger partial charge in [-0.3, -0.25) is 4.79 Å². The molecule has 7 heteroatoms. The van der Waals surface area contributed by atoms with Crippen LogP contribution in [0.2, 0.25) is 0 Å². The molecular weight excluding hydrogens is 478 g/mol. The van der Waals surface area contributed by atoms with Gasteiger partial charge in [0.2, 0.25) is 5.82 Å². The van der Waals surface area contributed by atoms with Crippen LogP contribution in [0.25, 0.3) is 33.5 Å². The van der Waals surface area contributed by atoms with Crippen molar-refractivity contribution in [1.82, 2.24) is 9.66 Å². The van der Waals surface area contributed by atoms with Gasteiger partial charge in [0.15, 0.2) is 5.76 Å². The van der Waals surface area contributed by atoms with E-state index in [1.807, 2.05) is 84.9 Å². The Balaban J connectivity index is 1.40. The molecule has 0 radical (unpaired) electrons. The number of methoxy groups -OCH3 is 1. The van der Waals surface area contributed by atoms with Crippen LogP contribution in [-0.4, -0.2) is 23.0 Å². The summed E-state index contributed by atoms with van der Waals surface area (Å²) < 4.78 is 18.8. The first-order valence-corrected chi connectivity index (χ1v) is 12.1. The molecule has 6 rings (SSSR count). The highest BCUT2D eigenvalue weighted by Gasteiger charge is 2.17. The molecule has 0 amide bonds. The van der Waals surface area contributed by atoms with Crippen molar-refractivity contribution in [2.75, 3.05) is 7.11 Å². The summed E-state index contributed by atoms with van der Waals surface area (Å²) in [5.74, 6) is 2.07. The molecule has 0 aliphatic rings. The highest BCUT2D eigenvalue weighted by atomic mass is 16.5. The zero-order valence-corrected chi connectivity index (χ0v) is 20.6. The van der Waals surface area contributed by atoms with E-state index in [0.717, 1.165) is 16.5 Å². The second kappa shape index (κ2) is 10.1. The van der Waals surface area contributed by atoms with Crippen molar-refractivity contribution < 1.29 is 13.9 Å². The highest BCUT2D eigenvalue weighted by Crippen LogP contribution is 2.32. The van der Waals surface area contributed by atoms with E-state index in [0.29, 0.717) is 46.2 Å². The van der Waals surface area contributed by atoms with Crippen LogP contribution < -0.4 is 15.0 Å². The summed E-state index contributed by atoms with van der Waals surface area (Å²) in [5, 5.41) is 5.79. The number of aromatic nitrogens is 2. The molecule has 0 spiro atoms. The maximum absolute atomic E-state index is 13.5. The lowest BCUT2D eigenvalue weighted by Gasteiger charge is -2.08. The summed E-state index contributed by atoms with van der Waals surface area (Å²) in [5.41, 5.74) is 2.73. The third-order valence-electron chi connectivity index (χ3n) is 6.14. The van der Waals surface area contributed by atoms with Gasteiger partial charge in [-0.05, 0) is 53.6 Å². The van der Waals surface area contributed by atoms with Crippen LogP contribution in [0.1, 0.15) is 11.1 Å². The molecule has 0 N–H and O–H groups in total. The van der Waals surface area contributed by atoms with E-state index < -0.39 is 0 Å². The topological polar surface area (TPSA) is 78.9 Å². The SMILES string of the molecule is COc1cccc2oc(-c3nc4ccccc4c(=O)n3N=Cc3cccc(OCc4ccccc4)c3)cc12. The van der Waals surface area contributed by atoms with Gasteiger partial charge in [0.1, 0.15) is 23.7 Å². The Hall–Kier alpha value is -5.17. The maximum Gasteiger partial charge on any atom is 0.282 e. The van der Waals surface area contributed by atoms with Crippen molar-refractivity contribution >= 4 is 28.1 Å². The van der Waals surface area contributed by atoms with Gasteiger partial charge in [-0.2, -0.15) is 9.78 Å². The van der Waals surface area contributed by atoms with Crippen LogP contribution in [0.4, 0.5) is 0 Å². The standard InChI is InChI=1S/C31H23N3O4/c1-36-27-15-8-16-28-25(27)18-29(38-28)30-33-26-14-6-5-13-24(26)31(35)34(30)32-19-22-11-7-12-23(17-22)37-20-21-9-3-2-4-10-21/h2-19H,20H2,1H3. The summed E-state index contributed by atoms with van der Waals surface area (Å²) >= 11 is 0. The van der Waals surface area contributed by atoms with E-state index in [2.05, 4.69) is 5.10 Å². The van der Waals surface area contributed by atoms with Gasteiger partial charge in [-0.25, -0.2) is 4.98 Å². The molecule has 0 aliphatic carbocycles. The molecule has 2 heterocycles. The van der Waals surface area contributed by atoms with Crippen molar-refractivity contribution in [1.29, 1.82) is 0 Å². The zero-order valence-electron chi connectivity index (χ0n) is 20.6. The zero-order chi connectivity index (χ0) is 25.9. The first kappa shape index (κ1) is 23.2. The van der Waals surface area contributed by atoms with Crippen molar-refractivity contribution in [3.05, 3.63) is 125 Å². The molecule has 0 bridgehead atoms. The van der Waals surface area contributed by atoms with Gasteiger partial charge in [0, 0.05) is 0 Å². The van der Waals surface area contributed by atoms with E-state index >= 15 is 0 Å². The smallest absolute Gasteiger partial charge is 0.282 e. The Kier molecular flexibility index (Phi) is 6.16. The molecule has 0 unspecified atom stereocenters. The summed E-state index contributed by atoms with van der Waals surface area (Å²) in [4.78, 5) is 18.3. The highest BCUT2D eigenvalue weighted by molar-refractivity contribution is 5.88. The van der Waals surface area contributed by atoms with Crippen LogP contribution in [0.15, 0.2) is 117 Å². The Morgan fingerprint density at radius 2 is 1.71 bits per heavy atom. The molecule has 7 nitrogen and oxygen atoms in total. The number of nitrogens with zero attached hydrogens (tertiary/aromatic N) is 3. The minimum atomic E-state index is -0.300.